The molecule has 0 spiro atoms. The maximum Gasteiger partial charge on any atom is 0.573 e. The highest BCUT2D eigenvalue weighted by Gasteiger charge is 2.33. The van der Waals surface area contributed by atoms with E-state index in [-0.39, 0.29) is 6.61 Å². The van der Waals surface area contributed by atoms with Gasteiger partial charge in [0, 0.05) is 6.07 Å². The van der Waals surface area contributed by atoms with Crippen LogP contribution < -0.4 is 4.74 Å². The molecule has 1 rings (SSSR count). The van der Waals surface area contributed by atoms with Gasteiger partial charge in [-0.15, -0.1) is 13.2 Å². The number of hydrogen-bond acceptors (Lipinski definition) is 4. The van der Waals surface area contributed by atoms with Gasteiger partial charge in [-0.1, -0.05) is 0 Å². The van der Waals surface area contributed by atoms with Crippen molar-refractivity contribution >= 4 is 5.97 Å². The average Bonchev–Trinajstić information content (AvgIpc) is 2.19. The summed E-state index contributed by atoms with van der Waals surface area (Å²) in [6.45, 7) is 1.40. The number of halogens is 4. The Balaban J connectivity index is 3.08. The van der Waals surface area contributed by atoms with Crippen molar-refractivity contribution in [2.45, 2.75) is 13.3 Å². The van der Waals surface area contributed by atoms with Crippen molar-refractivity contribution in [2.75, 3.05) is 6.61 Å². The molecule has 0 aromatic carbocycles. The number of carbonyl (C=O) groups excluding carboxylic acids is 1. The molecule has 0 aliphatic carbocycles. The minimum absolute atomic E-state index is 0.0613. The third kappa shape index (κ3) is 3.89. The van der Waals surface area contributed by atoms with Crippen LogP contribution in [0.15, 0.2) is 12.3 Å². The van der Waals surface area contributed by atoms with Crippen LogP contribution >= 0.6 is 0 Å². The van der Waals surface area contributed by atoms with Crippen molar-refractivity contribution in [2.24, 2.45) is 0 Å². The van der Waals surface area contributed by atoms with Crippen LogP contribution in [0.4, 0.5) is 17.6 Å². The van der Waals surface area contributed by atoms with Gasteiger partial charge in [0.25, 0.3) is 0 Å². The molecule has 0 saturated heterocycles. The van der Waals surface area contributed by atoms with E-state index in [9.17, 15) is 22.4 Å². The number of aromatic nitrogens is 1. The van der Waals surface area contributed by atoms with E-state index in [0.29, 0.717) is 12.3 Å². The monoisotopic (exact) mass is 253 g/mol. The summed E-state index contributed by atoms with van der Waals surface area (Å²) < 4.78 is 56.6. The molecule has 0 bridgehead atoms. The molecule has 8 heteroatoms. The lowest BCUT2D eigenvalue weighted by Crippen LogP contribution is -2.20. The van der Waals surface area contributed by atoms with Gasteiger partial charge in [0.15, 0.2) is 5.75 Å². The van der Waals surface area contributed by atoms with Crippen molar-refractivity contribution in [3.8, 4) is 5.75 Å². The standard InChI is InChI=1S/C9H7F4NO3/c1-2-16-8(15)5-3-7(10)14-4-6(5)17-9(11,12)13/h3-4H,2H2,1H3. The van der Waals surface area contributed by atoms with Crippen molar-refractivity contribution in [1.82, 2.24) is 4.98 Å². The van der Waals surface area contributed by atoms with Gasteiger partial charge in [0.1, 0.15) is 5.56 Å². The summed E-state index contributed by atoms with van der Waals surface area (Å²) in [5.74, 6) is -3.13. The molecule has 1 heterocycles. The molecular weight excluding hydrogens is 246 g/mol. The fourth-order valence-corrected chi connectivity index (χ4v) is 0.992. The van der Waals surface area contributed by atoms with Gasteiger partial charge in [0.2, 0.25) is 5.95 Å². The fourth-order valence-electron chi connectivity index (χ4n) is 0.992. The first kappa shape index (κ1) is 13.2. The zero-order valence-corrected chi connectivity index (χ0v) is 8.55. The van der Waals surface area contributed by atoms with Gasteiger partial charge in [0.05, 0.1) is 12.8 Å². The molecule has 0 N–H and O–H groups in total. The number of nitrogens with zero attached hydrogens (tertiary/aromatic N) is 1. The van der Waals surface area contributed by atoms with Gasteiger partial charge in [-0.25, -0.2) is 9.78 Å². The maximum atomic E-state index is 12.7. The van der Waals surface area contributed by atoms with Crippen molar-refractivity contribution < 1.29 is 31.8 Å². The Morgan fingerprint density at radius 2 is 2.12 bits per heavy atom. The third-order valence-corrected chi connectivity index (χ3v) is 1.56. The number of esters is 1. The van der Waals surface area contributed by atoms with Gasteiger partial charge in [-0.2, -0.15) is 4.39 Å². The molecule has 94 valence electrons. The molecule has 0 radical (unpaired) electrons. The zero-order valence-electron chi connectivity index (χ0n) is 8.55. The maximum absolute atomic E-state index is 12.7. The van der Waals surface area contributed by atoms with E-state index >= 15 is 0 Å². The molecule has 0 atom stereocenters. The Kier molecular flexibility index (Phi) is 3.87. The molecule has 0 unspecified atom stereocenters. The number of ether oxygens (including phenoxy) is 2. The normalized spacial score (nSPS) is 11.1. The van der Waals surface area contributed by atoms with E-state index in [4.69, 9.17) is 0 Å². The molecule has 0 aliphatic rings. The summed E-state index contributed by atoms with van der Waals surface area (Å²) in [5.41, 5.74) is -0.670. The van der Waals surface area contributed by atoms with Gasteiger partial charge in [-0.05, 0) is 6.92 Å². The topological polar surface area (TPSA) is 48.4 Å². The van der Waals surface area contributed by atoms with Crippen LogP contribution in [-0.4, -0.2) is 23.9 Å². The third-order valence-electron chi connectivity index (χ3n) is 1.56. The van der Waals surface area contributed by atoms with E-state index in [1.54, 1.807) is 0 Å². The van der Waals surface area contributed by atoms with Crippen LogP contribution in [0.2, 0.25) is 0 Å². The van der Waals surface area contributed by atoms with Crippen LogP contribution in [0.5, 0.6) is 5.75 Å². The van der Waals surface area contributed by atoms with E-state index in [1.165, 1.54) is 6.92 Å². The lowest BCUT2D eigenvalue weighted by atomic mass is 10.2. The van der Waals surface area contributed by atoms with Crippen LogP contribution in [0, 0.1) is 5.95 Å². The van der Waals surface area contributed by atoms with Crippen molar-refractivity contribution in [3.05, 3.63) is 23.8 Å². The minimum atomic E-state index is -5.00. The fraction of sp³-hybridized carbons (Fsp3) is 0.333. The summed E-state index contributed by atoms with van der Waals surface area (Å²) in [6.07, 6.45) is -4.53. The summed E-state index contributed by atoms with van der Waals surface area (Å²) in [5, 5.41) is 0. The quantitative estimate of drug-likeness (QED) is 0.471. The summed E-state index contributed by atoms with van der Waals surface area (Å²) in [4.78, 5) is 14.2. The number of carbonyl (C=O) groups is 1. The highest BCUT2D eigenvalue weighted by Crippen LogP contribution is 2.26. The lowest BCUT2D eigenvalue weighted by Gasteiger charge is -2.11. The Hall–Kier alpha value is -1.86. The van der Waals surface area contributed by atoms with E-state index in [2.05, 4.69) is 14.5 Å². The average molecular weight is 253 g/mol. The molecule has 1 aromatic heterocycles. The second kappa shape index (κ2) is 4.98. The molecule has 0 fully saturated rings. The second-order valence-electron chi connectivity index (χ2n) is 2.77. The number of hydrogen-bond donors (Lipinski definition) is 0. The summed E-state index contributed by atoms with van der Waals surface area (Å²) in [6, 6.07) is 0.513. The molecular formula is C9H7F4NO3. The SMILES string of the molecule is CCOC(=O)c1cc(F)ncc1OC(F)(F)F. The Morgan fingerprint density at radius 1 is 1.47 bits per heavy atom. The van der Waals surface area contributed by atoms with Crippen LogP contribution in [0.3, 0.4) is 0 Å². The van der Waals surface area contributed by atoms with Gasteiger partial charge in [-0.3, -0.25) is 0 Å². The molecule has 1 aromatic rings. The van der Waals surface area contributed by atoms with E-state index < -0.39 is 29.6 Å². The van der Waals surface area contributed by atoms with Crippen LogP contribution in [0.25, 0.3) is 0 Å². The van der Waals surface area contributed by atoms with Crippen molar-refractivity contribution in [3.63, 3.8) is 0 Å². The largest absolute Gasteiger partial charge is 0.573 e. The number of rotatable bonds is 3. The predicted octanol–water partition coefficient (Wildman–Crippen LogP) is 2.30. The van der Waals surface area contributed by atoms with E-state index in [1.807, 2.05) is 0 Å². The van der Waals surface area contributed by atoms with Crippen LogP contribution in [0.1, 0.15) is 17.3 Å². The van der Waals surface area contributed by atoms with Crippen LogP contribution in [-0.2, 0) is 4.74 Å². The smallest absolute Gasteiger partial charge is 0.462 e. The second-order valence-corrected chi connectivity index (χ2v) is 2.77. The zero-order chi connectivity index (χ0) is 13.1. The predicted molar refractivity (Wildman–Crippen MR) is 46.8 cm³/mol. The first-order valence-electron chi connectivity index (χ1n) is 4.42. The molecule has 0 amide bonds. The first-order chi connectivity index (χ1) is 7.83. The minimum Gasteiger partial charge on any atom is -0.462 e. The van der Waals surface area contributed by atoms with Crippen molar-refractivity contribution in [1.29, 1.82) is 0 Å². The Labute approximate surface area is 93.2 Å². The lowest BCUT2D eigenvalue weighted by molar-refractivity contribution is -0.274. The molecule has 4 nitrogen and oxygen atoms in total. The van der Waals surface area contributed by atoms with Gasteiger partial charge >= 0.3 is 12.3 Å². The summed E-state index contributed by atoms with van der Waals surface area (Å²) in [7, 11) is 0. The molecule has 0 aliphatic heterocycles. The first-order valence-corrected chi connectivity index (χ1v) is 4.42. The Bertz CT molecular complexity index is 419. The molecule has 0 saturated carbocycles. The summed E-state index contributed by atoms with van der Waals surface area (Å²) >= 11 is 0. The van der Waals surface area contributed by atoms with E-state index in [0.717, 1.165) is 0 Å². The highest BCUT2D eigenvalue weighted by atomic mass is 19.4. The number of pyridine rings is 1. The highest BCUT2D eigenvalue weighted by molar-refractivity contribution is 5.92. The molecule has 17 heavy (non-hydrogen) atoms. The number of alkyl halides is 3. The van der Waals surface area contributed by atoms with Gasteiger partial charge < -0.3 is 9.47 Å². The Morgan fingerprint density at radius 3 is 2.65 bits per heavy atom.